The highest BCUT2D eigenvalue weighted by Gasteiger charge is 2.24. The summed E-state index contributed by atoms with van der Waals surface area (Å²) in [5.74, 6) is 0. The average molecular weight is 324 g/mol. The van der Waals surface area contributed by atoms with E-state index in [1.54, 1.807) is 0 Å². The van der Waals surface area contributed by atoms with Gasteiger partial charge in [-0.1, -0.05) is 17.7 Å². The molecule has 0 N–H and O–H groups in total. The predicted molar refractivity (Wildman–Crippen MR) is 89.4 cm³/mol. The van der Waals surface area contributed by atoms with E-state index in [0.717, 1.165) is 63.6 Å². The van der Waals surface area contributed by atoms with Gasteiger partial charge in [0.2, 0.25) is 0 Å². The second kappa shape index (κ2) is 7.78. The van der Waals surface area contributed by atoms with Crippen LogP contribution in [0.2, 0.25) is 5.02 Å². The van der Waals surface area contributed by atoms with Crippen molar-refractivity contribution in [1.29, 1.82) is 0 Å². The van der Waals surface area contributed by atoms with Gasteiger partial charge in [-0.15, -0.1) is 0 Å². The fourth-order valence-electron chi connectivity index (χ4n) is 3.37. The lowest BCUT2D eigenvalue weighted by atomic mass is 10.0. The van der Waals surface area contributed by atoms with E-state index in [0.29, 0.717) is 12.2 Å². The molecule has 0 unspecified atom stereocenters. The van der Waals surface area contributed by atoms with Crippen molar-refractivity contribution in [1.82, 2.24) is 4.90 Å². The van der Waals surface area contributed by atoms with Crippen molar-refractivity contribution in [3.05, 3.63) is 34.3 Å². The zero-order valence-electron chi connectivity index (χ0n) is 13.4. The van der Waals surface area contributed by atoms with Gasteiger partial charge in [0.15, 0.2) is 0 Å². The molecule has 0 radical (unpaired) electrons. The first-order valence-corrected chi connectivity index (χ1v) is 8.79. The monoisotopic (exact) mass is 323 g/mol. The Morgan fingerprint density at radius 3 is 2.50 bits per heavy atom. The molecule has 22 heavy (non-hydrogen) atoms. The lowest BCUT2D eigenvalue weighted by molar-refractivity contribution is -0.0851. The minimum absolute atomic E-state index is 0.420. The summed E-state index contributed by atoms with van der Waals surface area (Å²) in [4.78, 5) is 2.53. The Bertz CT molecular complexity index is 480. The number of rotatable bonds is 4. The minimum Gasteiger partial charge on any atom is -0.381 e. The van der Waals surface area contributed by atoms with Gasteiger partial charge in [-0.3, -0.25) is 4.90 Å². The van der Waals surface area contributed by atoms with Gasteiger partial charge in [0.25, 0.3) is 0 Å². The highest BCUT2D eigenvalue weighted by atomic mass is 35.5. The Balaban J connectivity index is 1.45. The van der Waals surface area contributed by atoms with E-state index in [2.05, 4.69) is 24.0 Å². The van der Waals surface area contributed by atoms with Crippen LogP contribution in [0.15, 0.2) is 18.2 Å². The van der Waals surface area contributed by atoms with Crippen molar-refractivity contribution in [2.75, 3.05) is 26.3 Å². The molecule has 122 valence electrons. The number of piperidine rings is 1. The number of benzene rings is 1. The van der Waals surface area contributed by atoms with E-state index < -0.39 is 0 Å². The molecule has 1 aromatic carbocycles. The first-order chi connectivity index (χ1) is 10.7. The van der Waals surface area contributed by atoms with Crippen molar-refractivity contribution in [2.45, 2.75) is 51.4 Å². The van der Waals surface area contributed by atoms with Gasteiger partial charge in [-0.2, -0.15) is 0 Å². The highest BCUT2D eigenvalue weighted by Crippen LogP contribution is 2.22. The van der Waals surface area contributed by atoms with Crippen LogP contribution in [0.1, 0.15) is 36.8 Å². The number of hydrogen-bond donors (Lipinski definition) is 0. The molecule has 0 amide bonds. The van der Waals surface area contributed by atoms with Gasteiger partial charge in [-0.25, -0.2) is 0 Å². The number of halogens is 1. The van der Waals surface area contributed by atoms with E-state index in [-0.39, 0.29) is 0 Å². The van der Waals surface area contributed by atoms with Crippen LogP contribution in [0, 0.1) is 6.92 Å². The summed E-state index contributed by atoms with van der Waals surface area (Å²) in [5, 5.41) is 0.824. The molecule has 0 bridgehead atoms. The van der Waals surface area contributed by atoms with Gasteiger partial charge in [0, 0.05) is 37.9 Å². The number of aryl methyl sites for hydroxylation is 1. The molecular weight excluding hydrogens is 298 g/mol. The number of ether oxygens (including phenoxy) is 2. The molecule has 0 aromatic heterocycles. The van der Waals surface area contributed by atoms with Crippen molar-refractivity contribution in [2.24, 2.45) is 0 Å². The van der Waals surface area contributed by atoms with Crippen LogP contribution in [0.25, 0.3) is 0 Å². The van der Waals surface area contributed by atoms with Crippen molar-refractivity contribution >= 4 is 11.6 Å². The molecule has 0 atom stereocenters. The summed E-state index contributed by atoms with van der Waals surface area (Å²) >= 11 is 6.03. The van der Waals surface area contributed by atoms with Crippen LogP contribution in [0.4, 0.5) is 0 Å². The molecule has 3 nitrogen and oxygen atoms in total. The lowest BCUT2D eigenvalue weighted by Gasteiger charge is -2.35. The molecule has 3 rings (SSSR count). The van der Waals surface area contributed by atoms with Crippen molar-refractivity contribution in [3.63, 3.8) is 0 Å². The first-order valence-electron chi connectivity index (χ1n) is 8.41. The van der Waals surface area contributed by atoms with Gasteiger partial charge < -0.3 is 9.47 Å². The van der Waals surface area contributed by atoms with Crippen LogP contribution in [0.5, 0.6) is 0 Å². The summed E-state index contributed by atoms with van der Waals surface area (Å²) < 4.78 is 11.6. The van der Waals surface area contributed by atoms with E-state index in [9.17, 15) is 0 Å². The van der Waals surface area contributed by atoms with E-state index in [1.807, 2.05) is 6.07 Å². The highest BCUT2D eigenvalue weighted by molar-refractivity contribution is 6.30. The molecule has 2 aliphatic rings. The molecule has 4 heteroatoms. The average Bonchev–Trinajstić information content (AvgIpc) is 2.53. The normalized spacial score (nSPS) is 22.1. The third-order valence-corrected chi connectivity index (χ3v) is 5.02. The van der Waals surface area contributed by atoms with Crippen LogP contribution < -0.4 is 0 Å². The summed E-state index contributed by atoms with van der Waals surface area (Å²) in [6, 6.07) is 6.20. The zero-order chi connectivity index (χ0) is 15.4. The summed E-state index contributed by atoms with van der Waals surface area (Å²) in [7, 11) is 0. The maximum absolute atomic E-state index is 6.25. The molecule has 2 heterocycles. The largest absolute Gasteiger partial charge is 0.381 e. The Labute approximate surface area is 138 Å². The van der Waals surface area contributed by atoms with Crippen molar-refractivity contribution in [3.8, 4) is 0 Å². The Kier molecular flexibility index (Phi) is 5.75. The van der Waals surface area contributed by atoms with E-state index in [1.165, 1.54) is 11.1 Å². The van der Waals surface area contributed by atoms with E-state index >= 15 is 0 Å². The van der Waals surface area contributed by atoms with Crippen LogP contribution in [-0.4, -0.2) is 43.4 Å². The zero-order valence-corrected chi connectivity index (χ0v) is 14.1. The second-order valence-electron chi connectivity index (χ2n) is 6.49. The number of nitrogens with zero attached hydrogens (tertiary/aromatic N) is 1. The third-order valence-electron chi connectivity index (χ3n) is 4.79. The molecule has 2 fully saturated rings. The molecule has 0 aliphatic carbocycles. The van der Waals surface area contributed by atoms with Crippen LogP contribution >= 0.6 is 11.6 Å². The molecule has 0 spiro atoms. The summed E-state index contributed by atoms with van der Waals surface area (Å²) in [5.41, 5.74) is 2.67. The summed E-state index contributed by atoms with van der Waals surface area (Å²) in [6.45, 7) is 7.12. The topological polar surface area (TPSA) is 21.7 Å². The lowest BCUT2D eigenvalue weighted by Crippen LogP contribution is -2.39. The molecular formula is C18H26ClNO2. The fraction of sp³-hybridized carbons (Fsp3) is 0.667. The molecule has 1 aromatic rings. The number of likely N-dealkylation sites (tertiary alicyclic amines) is 1. The maximum Gasteiger partial charge on any atom is 0.0622 e. The molecule has 2 aliphatic heterocycles. The summed E-state index contributed by atoms with van der Waals surface area (Å²) in [6.07, 6.45) is 5.26. The predicted octanol–water partition coefficient (Wildman–Crippen LogP) is 3.81. The molecule has 2 saturated heterocycles. The Hall–Kier alpha value is -0.610. The fourth-order valence-corrected chi connectivity index (χ4v) is 3.59. The van der Waals surface area contributed by atoms with Gasteiger partial charge in [0.1, 0.15) is 0 Å². The van der Waals surface area contributed by atoms with Crippen LogP contribution in [-0.2, 0) is 16.0 Å². The third kappa shape index (κ3) is 4.45. The Morgan fingerprint density at radius 2 is 1.82 bits per heavy atom. The maximum atomic E-state index is 6.25. The SMILES string of the molecule is Cc1cc(Cl)ccc1CN1CCC(OC2CCOCC2)CC1. The molecule has 0 saturated carbocycles. The van der Waals surface area contributed by atoms with Gasteiger partial charge in [-0.05, 0) is 55.9 Å². The van der Waals surface area contributed by atoms with Gasteiger partial charge in [0.05, 0.1) is 12.2 Å². The van der Waals surface area contributed by atoms with Crippen LogP contribution in [0.3, 0.4) is 0 Å². The van der Waals surface area contributed by atoms with E-state index in [4.69, 9.17) is 21.1 Å². The second-order valence-corrected chi connectivity index (χ2v) is 6.93. The smallest absolute Gasteiger partial charge is 0.0622 e. The van der Waals surface area contributed by atoms with Crippen molar-refractivity contribution < 1.29 is 9.47 Å². The van der Waals surface area contributed by atoms with Gasteiger partial charge >= 0.3 is 0 Å². The Morgan fingerprint density at radius 1 is 1.14 bits per heavy atom. The first kappa shape index (κ1) is 16.3. The minimum atomic E-state index is 0.420. The quantitative estimate of drug-likeness (QED) is 0.841. The standard InChI is InChI=1S/C18H26ClNO2/c1-14-12-16(19)3-2-15(14)13-20-8-4-17(5-9-20)22-18-6-10-21-11-7-18/h2-3,12,17-18H,4-11,13H2,1H3. The number of hydrogen-bond acceptors (Lipinski definition) is 3.